The van der Waals surface area contributed by atoms with Gasteiger partial charge in [-0.05, 0) is 32.6 Å². The van der Waals surface area contributed by atoms with Crippen LogP contribution < -0.4 is 5.32 Å². The van der Waals surface area contributed by atoms with E-state index in [-0.39, 0.29) is 11.1 Å². The monoisotopic (exact) mass is 268 g/mol. The number of imide groups is 1. The summed E-state index contributed by atoms with van der Waals surface area (Å²) in [6, 6.07) is -0.450. The second kappa shape index (κ2) is 6.36. The van der Waals surface area contributed by atoms with E-state index in [1.165, 1.54) is 13.8 Å². The number of aliphatic carboxylic acids is 1. The topological polar surface area (TPSA) is 86.7 Å². The maximum Gasteiger partial charge on any atom is 0.331 e. The summed E-state index contributed by atoms with van der Waals surface area (Å²) in [4.78, 5) is 35.9. The standard InChI is InChI=1S/C13H20N2O4/c1-8-4-6-15(7-5-8)13(19)14-11(16)9(2)10(3)12(17)18/h8H,4-7H2,1-3H3,(H,17,18)(H,14,16,19). The van der Waals surface area contributed by atoms with Crippen molar-refractivity contribution in [3.8, 4) is 0 Å². The molecule has 0 aromatic heterocycles. The summed E-state index contributed by atoms with van der Waals surface area (Å²) in [5, 5.41) is 11.0. The summed E-state index contributed by atoms with van der Waals surface area (Å²) in [6.07, 6.45) is 1.84. The summed E-state index contributed by atoms with van der Waals surface area (Å²) in [5.41, 5.74) is -0.0104. The van der Waals surface area contributed by atoms with Gasteiger partial charge in [-0.1, -0.05) is 6.92 Å². The molecule has 6 heteroatoms. The van der Waals surface area contributed by atoms with Crippen molar-refractivity contribution in [1.82, 2.24) is 10.2 Å². The number of piperidine rings is 1. The van der Waals surface area contributed by atoms with Gasteiger partial charge in [0, 0.05) is 24.2 Å². The number of carbonyl (C=O) groups is 3. The summed E-state index contributed by atoms with van der Waals surface area (Å²) >= 11 is 0. The zero-order valence-electron chi connectivity index (χ0n) is 11.5. The summed E-state index contributed by atoms with van der Waals surface area (Å²) < 4.78 is 0. The predicted molar refractivity (Wildman–Crippen MR) is 69.5 cm³/mol. The molecule has 1 aliphatic heterocycles. The summed E-state index contributed by atoms with van der Waals surface area (Å²) in [7, 11) is 0. The smallest absolute Gasteiger partial charge is 0.331 e. The molecule has 0 radical (unpaired) electrons. The van der Waals surface area contributed by atoms with Crippen LogP contribution in [0.5, 0.6) is 0 Å². The molecule has 1 rings (SSSR count). The number of nitrogens with zero attached hydrogens (tertiary/aromatic N) is 1. The Morgan fingerprint density at radius 2 is 1.63 bits per heavy atom. The minimum Gasteiger partial charge on any atom is -0.478 e. The first-order chi connectivity index (χ1) is 8.82. The summed E-state index contributed by atoms with van der Waals surface area (Å²) in [6.45, 7) is 6.11. The molecular formula is C13H20N2O4. The average molecular weight is 268 g/mol. The Hall–Kier alpha value is -1.85. The van der Waals surface area contributed by atoms with Gasteiger partial charge in [-0.15, -0.1) is 0 Å². The van der Waals surface area contributed by atoms with Gasteiger partial charge in [0.25, 0.3) is 5.91 Å². The number of urea groups is 1. The van der Waals surface area contributed by atoms with Gasteiger partial charge in [-0.25, -0.2) is 9.59 Å². The molecule has 0 saturated carbocycles. The molecule has 0 aliphatic carbocycles. The molecule has 0 aromatic carbocycles. The van der Waals surface area contributed by atoms with Crippen molar-refractivity contribution < 1.29 is 19.5 Å². The molecule has 2 N–H and O–H groups in total. The molecule has 0 spiro atoms. The van der Waals surface area contributed by atoms with E-state index in [1.807, 2.05) is 0 Å². The molecule has 106 valence electrons. The first-order valence-corrected chi connectivity index (χ1v) is 6.34. The third-order valence-corrected chi connectivity index (χ3v) is 3.52. The average Bonchev–Trinajstić information content (AvgIpc) is 2.37. The van der Waals surface area contributed by atoms with Crippen LogP contribution in [0, 0.1) is 5.92 Å². The van der Waals surface area contributed by atoms with Gasteiger partial charge in [0.1, 0.15) is 0 Å². The number of carbonyl (C=O) groups excluding carboxylic acids is 2. The fraction of sp³-hybridized carbons (Fsp3) is 0.615. The first-order valence-electron chi connectivity index (χ1n) is 6.34. The van der Waals surface area contributed by atoms with E-state index in [0.717, 1.165) is 12.8 Å². The van der Waals surface area contributed by atoms with Crippen molar-refractivity contribution in [2.75, 3.05) is 13.1 Å². The van der Waals surface area contributed by atoms with Crippen LogP contribution in [-0.2, 0) is 9.59 Å². The van der Waals surface area contributed by atoms with E-state index in [0.29, 0.717) is 19.0 Å². The molecule has 1 saturated heterocycles. The molecule has 1 aliphatic rings. The number of likely N-dealkylation sites (tertiary alicyclic amines) is 1. The van der Waals surface area contributed by atoms with Crippen molar-refractivity contribution >= 4 is 17.9 Å². The highest BCUT2D eigenvalue weighted by Gasteiger charge is 2.22. The summed E-state index contributed by atoms with van der Waals surface area (Å²) in [5.74, 6) is -1.22. The maximum atomic E-state index is 11.8. The van der Waals surface area contributed by atoms with Crippen molar-refractivity contribution in [1.29, 1.82) is 0 Å². The Labute approximate surface area is 112 Å². The van der Waals surface area contributed by atoms with Crippen LogP contribution in [-0.4, -0.2) is 41.0 Å². The Balaban J connectivity index is 2.60. The Kier molecular flexibility index (Phi) is 5.09. The van der Waals surface area contributed by atoms with Gasteiger partial charge in [0.05, 0.1) is 0 Å². The molecule has 1 fully saturated rings. The predicted octanol–water partition coefficient (Wildman–Crippen LogP) is 1.38. The highest BCUT2D eigenvalue weighted by atomic mass is 16.4. The molecule has 0 aromatic rings. The molecule has 0 unspecified atom stereocenters. The van der Waals surface area contributed by atoms with Gasteiger partial charge in [0.2, 0.25) is 0 Å². The highest BCUT2D eigenvalue weighted by molar-refractivity contribution is 6.07. The van der Waals surface area contributed by atoms with Gasteiger partial charge in [-0.2, -0.15) is 0 Å². The van der Waals surface area contributed by atoms with Crippen molar-refractivity contribution in [2.24, 2.45) is 5.92 Å². The lowest BCUT2D eigenvalue weighted by Gasteiger charge is -2.30. The lowest BCUT2D eigenvalue weighted by molar-refractivity contribution is -0.133. The van der Waals surface area contributed by atoms with Gasteiger partial charge >= 0.3 is 12.0 Å². The number of carboxylic acid groups (broad SMARTS) is 1. The number of hydrogen-bond acceptors (Lipinski definition) is 3. The van der Waals surface area contributed by atoms with Crippen LogP contribution in [0.1, 0.15) is 33.6 Å². The fourth-order valence-corrected chi connectivity index (χ4v) is 1.81. The van der Waals surface area contributed by atoms with Crippen LogP contribution in [0.25, 0.3) is 0 Å². The minimum absolute atomic E-state index is 0.0474. The normalized spacial score (nSPS) is 17.7. The van der Waals surface area contributed by atoms with Gasteiger partial charge in [0.15, 0.2) is 0 Å². The van der Waals surface area contributed by atoms with Gasteiger partial charge in [-0.3, -0.25) is 10.1 Å². The zero-order valence-corrected chi connectivity index (χ0v) is 11.5. The van der Waals surface area contributed by atoms with Crippen molar-refractivity contribution in [3.63, 3.8) is 0 Å². The van der Waals surface area contributed by atoms with Crippen molar-refractivity contribution in [3.05, 3.63) is 11.1 Å². The van der Waals surface area contributed by atoms with E-state index in [4.69, 9.17) is 5.11 Å². The highest BCUT2D eigenvalue weighted by Crippen LogP contribution is 2.15. The largest absolute Gasteiger partial charge is 0.478 e. The maximum absolute atomic E-state index is 11.8. The van der Waals surface area contributed by atoms with Crippen molar-refractivity contribution in [2.45, 2.75) is 33.6 Å². The Morgan fingerprint density at radius 3 is 2.11 bits per heavy atom. The van der Waals surface area contributed by atoms with E-state index in [9.17, 15) is 14.4 Å². The second-order valence-corrected chi connectivity index (χ2v) is 4.98. The fourth-order valence-electron chi connectivity index (χ4n) is 1.81. The molecule has 6 nitrogen and oxygen atoms in total. The molecule has 1 heterocycles. The molecule has 3 amide bonds. The SMILES string of the molecule is CC(C(=O)O)=C(C)C(=O)NC(=O)N1CCC(C)CC1. The van der Waals surface area contributed by atoms with Crippen LogP contribution >= 0.6 is 0 Å². The second-order valence-electron chi connectivity index (χ2n) is 4.98. The molecule has 19 heavy (non-hydrogen) atoms. The molecular weight excluding hydrogens is 248 g/mol. The Bertz CT molecular complexity index is 420. The van der Waals surface area contributed by atoms with Crippen LogP contribution in [0.15, 0.2) is 11.1 Å². The number of nitrogens with one attached hydrogen (secondary N) is 1. The number of rotatable bonds is 2. The third kappa shape index (κ3) is 4.08. The van der Waals surface area contributed by atoms with Crippen LogP contribution in [0.2, 0.25) is 0 Å². The van der Waals surface area contributed by atoms with Gasteiger partial charge < -0.3 is 10.0 Å². The third-order valence-electron chi connectivity index (χ3n) is 3.52. The van der Waals surface area contributed by atoms with Crippen LogP contribution in [0.3, 0.4) is 0 Å². The van der Waals surface area contributed by atoms with E-state index < -0.39 is 17.9 Å². The van der Waals surface area contributed by atoms with E-state index in [1.54, 1.807) is 4.90 Å². The molecule has 0 atom stereocenters. The number of amides is 3. The first kappa shape index (κ1) is 15.2. The quantitative estimate of drug-likeness (QED) is 0.741. The lowest BCUT2D eigenvalue weighted by atomic mass is 10.00. The number of hydrogen-bond donors (Lipinski definition) is 2. The van der Waals surface area contributed by atoms with Crippen LogP contribution in [0.4, 0.5) is 4.79 Å². The lowest BCUT2D eigenvalue weighted by Crippen LogP contribution is -2.46. The molecule has 0 bridgehead atoms. The number of carboxylic acids is 1. The minimum atomic E-state index is -1.16. The Morgan fingerprint density at radius 1 is 1.11 bits per heavy atom. The van der Waals surface area contributed by atoms with E-state index >= 15 is 0 Å². The van der Waals surface area contributed by atoms with E-state index in [2.05, 4.69) is 12.2 Å². The zero-order chi connectivity index (χ0) is 14.6.